The molecule has 0 spiro atoms. The fourth-order valence-electron chi connectivity index (χ4n) is 2.25. The van der Waals surface area contributed by atoms with Crippen LogP contribution in [0.15, 0.2) is 29.3 Å². The molecule has 16 N–H and O–H groups in total. The number of guanidine groups is 1. The zero-order chi connectivity index (χ0) is 27.4. The highest BCUT2D eigenvalue weighted by Crippen LogP contribution is 2.10. The van der Waals surface area contributed by atoms with E-state index in [9.17, 15) is 14.4 Å². The Morgan fingerprint density at radius 1 is 0.771 bits per heavy atom. The number of benzene rings is 1. The topological polar surface area (TPSA) is 301 Å². The summed E-state index contributed by atoms with van der Waals surface area (Å²) in [6, 6.07) is 3.89. The maximum atomic E-state index is 10.4. The molecule has 0 aliphatic carbocycles. The Labute approximate surface area is 204 Å². The largest absolute Gasteiger partial charge is 0.508 e. The van der Waals surface area contributed by atoms with Crippen molar-refractivity contribution in [3.05, 3.63) is 29.8 Å². The van der Waals surface area contributed by atoms with Gasteiger partial charge in [-0.3, -0.25) is 19.4 Å². The van der Waals surface area contributed by atoms with Crippen LogP contribution < -0.4 is 34.4 Å². The molecule has 0 bridgehead atoms. The minimum absolute atomic E-state index is 0.0129. The molecule has 0 aromatic heterocycles. The SMILES string of the molecule is NC(Cc1ccc(O)cc1)C(=O)O.NC(N)=NCCCC(N)C(=O)O.NCCCCC(N)C(=O)O. The highest BCUT2D eigenvalue weighted by molar-refractivity contribution is 5.75. The first-order chi connectivity index (χ1) is 16.3. The first kappa shape index (κ1) is 33.7. The van der Waals surface area contributed by atoms with Crippen molar-refractivity contribution in [2.45, 2.75) is 56.7 Å². The molecule has 0 heterocycles. The highest BCUT2D eigenvalue weighted by atomic mass is 16.4. The van der Waals surface area contributed by atoms with E-state index in [1.165, 1.54) is 12.1 Å². The second-order valence-corrected chi connectivity index (χ2v) is 7.44. The molecule has 14 heteroatoms. The molecule has 1 aromatic carbocycles. The number of carboxylic acid groups (broad SMARTS) is 3. The van der Waals surface area contributed by atoms with Crippen molar-refractivity contribution in [2.24, 2.45) is 39.4 Å². The van der Waals surface area contributed by atoms with Crippen LogP contribution in [0.4, 0.5) is 0 Å². The predicted molar refractivity (Wildman–Crippen MR) is 131 cm³/mol. The third-order valence-electron chi connectivity index (χ3n) is 4.28. The molecule has 1 aromatic rings. The maximum absolute atomic E-state index is 10.4. The monoisotopic (exact) mass is 501 g/mol. The number of nitrogens with zero attached hydrogens (tertiary/aromatic N) is 1. The summed E-state index contributed by atoms with van der Waals surface area (Å²) in [7, 11) is 0. The zero-order valence-electron chi connectivity index (χ0n) is 19.6. The summed E-state index contributed by atoms with van der Waals surface area (Å²) >= 11 is 0. The molecule has 14 nitrogen and oxygen atoms in total. The van der Waals surface area contributed by atoms with Gasteiger partial charge in [-0.05, 0) is 56.3 Å². The first-order valence-electron chi connectivity index (χ1n) is 10.8. The zero-order valence-corrected chi connectivity index (χ0v) is 19.6. The number of hydrogen-bond donors (Lipinski definition) is 10. The predicted octanol–water partition coefficient (Wildman–Crippen LogP) is -1.67. The molecule has 0 saturated heterocycles. The number of aliphatic carboxylic acids is 3. The molecule has 0 saturated carbocycles. The molecule has 35 heavy (non-hydrogen) atoms. The molecule has 0 radical (unpaired) electrons. The van der Waals surface area contributed by atoms with E-state index >= 15 is 0 Å². The Morgan fingerprint density at radius 3 is 1.63 bits per heavy atom. The third-order valence-corrected chi connectivity index (χ3v) is 4.28. The van der Waals surface area contributed by atoms with Crippen LogP contribution in [-0.4, -0.2) is 75.5 Å². The number of hydrogen-bond acceptors (Lipinski definition) is 9. The number of nitrogens with two attached hydrogens (primary N) is 6. The Kier molecular flexibility index (Phi) is 19.2. The van der Waals surface area contributed by atoms with Gasteiger partial charge in [0.1, 0.15) is 23.9 Å². The molecule has 200 valence electrons. The first-order valence-corrected chi connectivity index (χ1v) is 10.8. The molecule has 0 aliphatic heterocycles. The molecule has 0 fully saturated rings. The van der Waals surface area contributed by atoms with Crippen LogP contribution in [0.2, 0.25) is 0 Å². The van der Waals surface area contributed by atoms with E-state index in [1.54, 1.807) is 12.1 Å². The number of aliphatic imine (C=N–C) groups is 1. The van der Waals surface area contributed by atoms with E-state index < -0.39 is 36.0 Å². The van der Waals surface area contributed by atoms with Crippen LogP contribution in [0, 0.1) is 0 Å². The van der Waals surface area contributed by atoms with Crippen molar-refractivity contribution in [1.29, 1.82) is 0 Å². The average molecular weight is 502 g/mol. The second-order valence-electron chi connectivity index (χ2n) is 7.44. The van der Waals surface area contributed by atoms with E-state index in [1.807, 2.05) is 0 Å². The van der Waals surface area contributed by atoms with Crippen molar-refractivity contribution in [1.82, 2.24) is 0 Å². The van der Waals surface area contributed by atoms with Crippen molar-refractivity contribution in [2.75, 3.05) is 13.1 Å². The van der Waals surface area contributed by atoms with Gasteiger partial charge in [0.25, 0.3) is 0 Å². The summed E-state index contributed by atoms with van der Waals surface area (Å²) in [5, 5.41) is 34.2. The molecular formula is C21H39N7O7. The van der Waals surface area contributed by atoms with E-state index in [0.717, 1.165) is 18.4 Å². The standard InChI is InChI=1S/C9H11NO3.C6H14N4O2.C6H14N2O2/c10-8(9(12)13)5-6-1-3-7(11)4-2-6;7-4(5(11)12)2-1-3-10-6(8)9;7-4-2-1-3-5(8)6(9)10/h1-4,8,11H,5,10H2,(H,12,13);4H,1-3,7H2,(H,11,12)(H4,8,9,10);5H,1-4,7-8H2,(H,9,10). The van der Waals surface area contributed by atoms with Crippen LogP contribution >= 0.6 is 0 Å². The second kappa shape index (κ2) is 20.0. The van der Waals surface area contributed by atoms with Crippen LogP contribution in [0.25, 0.3) is 0 Å². The number of carboxylic acids is 3. The van der Waals surface area contributed by atoms with Gasteiger partial charge < -0.3 is 54.8 Å². The van der Waals surface area contributed by atoms with Crippen molar-refractivity contribution < 1.29 is 34.8 Å². The van der Waals surface area contributed by atoms with Crippen molar-refractivity contribution in [3.63, 3.8) is 0 Å². The van der Waals surface area contributed by atoms with Gasteiger partial charge in [-0.15, -0.1) is 0 Å². The highest BCUT2D eigenvalue weighted by Gasteiger charge is 2.12. The van der Waals surface area contributed by atoms with E-state index in [0.29, 0.717) is 32.4 Å². The summed E-state index contributed by atoms with van der Waals surface area (Å²) in [6.45, 7) is 1.02. The summed E-state index contributed by atoms with van der Waals surface area (Å²) in [6.07, 6.45) is 3.39. The summed E-state index contributed by atoms with van der Waals surface area (Å²) < 4.78 is 0. The van der Waals surface area contributed by atoms with Gasteiger partial charge in [0.2, 0.25) is 0 Å². The Hall–Kier alpha value is -3.46. The van der Waals surface area contributed by atoms with Gasteiger partial charge in [0.15, 0.2) is 5.96 Å². The van der Waals surface area contributed by atoms with E-state index in [2.05, 4.69) is 4.99 Å². The van der Waals surface area contributed by atoms with Gasteiger partial charge in [-0.1, -0.05) is 18.6 Å². The molecule has 0 amide bonds. The summed E-state index contributed by atoms with van der Waals surface area (Å²) in [4.78, 5) is 34.4. The van der Waals surface area contributed by atoms with Crippen molar-refractivity contribution in [3.8, 4) is 5.75 Å². The van der Waals surface area contributed by atoms with Gasteiger partial charge in [-0.2, -0.15) is 0 Å². The molecule has 1 rings (SSSR count). The minimum atomic E-state index is -1.02. The quantitative estimate of drug-likeness (QED) is 0.0821. The molecule has 3 unspecified atom stereocenters. The van der Waals surface area contributed by atoms with E-state index in [-0.39, 0.29) is 18.1 Å². The van der Waals surface area contributed by atoms with Gasteiger partial charge in [-0.25, -0.2) is 0 Å². The van der Waals surface area contributed by atoms with Gasteiger partial charge >= 0.3 is 17.9 Å². The molecular weight excluding hydrogens is 462 g/mol. The van der Waals surface area contributed by atoms with Crippen molar-refractivity contribution >= 4 is 23.9 Å². The fraction of sp³-hybridized carbons (Fsp3) is 0.524. The number of phenols is 1. The lowest BCUT2D eigenvalue weighted by molar-refractivity contribution is -0.139. The smallest absolute Gasteiger partial charge is 0.320 e. The molecule has 3 atom stereocenters. The number of phenolic OH excluding ortho intramolecular Hbond substituents is 1. The number of aromatic hydroxyl groups is 1. The number of carbonyl (C=O) groups is 3. The summed E-state index contributed by atoms with van der Waals surface area (Å²) in [5.41, 5.74) is 31.9. The van der Waals surface area contributed by atoms with Crippen LogP contribution in [0.3, 0.4) is 0 Å². The Bertz CT molecular complexity index is 772. The minimum Gasteiger partial charge on any atom is -0.508 e. The van der Waals surface area contributed by atoms with Crippen LogP contribution in [0.1, 0.15) is 37.7 Å². The Morgan fingerprint density at radius 2 is 1.23 bits per heavy atom. The lowest BCUT2D eigenvalue weighted by Gasteiger charge is -2.05. The van der Waals surface area contributed by atoms with E-state index in [4.69, 9.17) is 54.8 Å². The lowest BCUT2D eigenvalue weighted by Crippen LogP contribution is -2.32. The van der Waals surface area contributed by atoms with Gasteiger partial charge in [0, 0.05) is 6.54 Å². The van der Waals surface area contributed by atoms with Crippen LogP contribution in [-0.2, 0) is 20.8 Å². The van der Waals surface area contributed by atoms with Gasteiger partial charge in [0.05, 0.1) is 0 Å². The fourth-order valence-corrected chi connectivity index (χ4v) is 2.25. The summed E-state index contributed by atoms with van der Waals surface area (Å²) in [5.74, 6) is -2.78. The normalized spacial score (nSPS) is 12.5. The average Bonchev–Trinajstić information content (AvgIpc) is 2.78. The number of unbranched alkanes of at least 4 members (excludes halogenated alkanes) is 1. The lowest BCUT2D eigenvalue weighted by atomic mass is 10.1. The Balaban J connectivity index is 0. The molecule has 0 aliphatic rings. The maximum Gasteiger partial charge on any atom is 0.320 e. The van der Waals surface area contributed by atoms with Crippen LogP contribution in [0.5, 0.6) is 5.75 Å². The number of rotatable bonds is 13. The third kappa shape index (κ3) is 20.9.